The molecule has 3 heterocycles. The van der Waals surface area contributed by atoms with E-state index in [2.05, 4.69) is 25.5 Å². The maximum atomic E-state index is 12.1. The molecular formula is C18H23N5O2. The van der Waals surface area contributed by atoms with E-state index >= 15 is 0 Å². The highest BCUT2D eigenvalue weighted by Gasteiger charge is 2.17. The Balaban J connectivity index is 1.48. The Bertz CT molecular complexity index is 754. The van der Waals surface area contributed by atoms with Gasteiger partial charge in [-0.1, -0.05) is 12.8 Å². The lowest BCUT2D eigenvalue weighted by Gasteiger charge is -2.28. The SMILES string of the molecule is O=C(Nc1ccc2ncc(N3CCOCC3)cc2n1)NC1CCCC1. The molecule has 0 unspecified atom stereocenters. The number of hydrogen-bond donors (Lipinski definition) is 2. The lowest BCUT2D eigenvalue weighted by atomic mass is 10.2. The molecule has 1 aliphatic heterocycles. The van der Waals surface area contributed by atoms with Gasteiger partial charge in [-0.15, -0.1) is 0 Å². The second kappa shape index (κ2) is 7.23. The maximum absolute atomic E-state index is 12.1. The fourth-order valence-corrected chi connectivity index (χ4v) is 3.47. The number of pyridine rings is 2. The number of aromatic nitrogens is 2. The van der Waals surface area contributed by atoms with Crippen molar-refractivity contribution in [3.05, 3.63) is 24.4 Å². The standard InChI is InChI=1S/C18H23N5O2/c24-18(20-13-3-1-2-4-13)22-17-6-5-15-16(21-17)11-14(12-19-15)23-7-9-25-10-8-23/h5-6,11-13H,1-4,7-10H2,(H2,20,21,22,24). The van der Waals surface area contributed by atoms with Gasteiger partial charge >= 0.3 is 6.03 Å². The van der Waals surface area contributed by atoms with Crippen molar-refractivity contribution in [2.75, 3.05) is 36.5 Å². The van der Waals surface area contributed by atoms with E-state index in [0.717, 1.165) is 55.9 Å². The van der Waals surface area contributed by atoms with E-state index in [1.54, 1.807) is 6.07 Å². The van der Waals surface area contributed by atoms with Crippen LogP contribution in [-0.2, 0) is 4.74 Å². The highest BCUT2D eigenvalue weighted by molar-refractivity contribution is 5.90. The molecule has 2 aromatic rings. The van der Waals surface area contributed by atoms with Crippen molar-refractivity contribution in [1.82, 2.24) is 15.3 Å². The first-order valence-electron chi connectivity index (χ1n) is 8.95. The Kier molecular flexibility index (Phi) is 4.65. The number of hydrogen-bond acceptors (Lipinski definition) is 5. The fourth-order valence-electron chi connectivity index (χ4n) is 3.47. The van der Waals surface area contributed by atoms with Crippen molar-refractivity contribution in [3.63, 3.8) is 0 Å². The minimum absolute atomic E-state index is 0.184. The van der Waals surface area contributed by atoms with Crippen LogP contribution in [0, 0.1) is 0 Å². The summed E-state index contributed by atoms with van der Waals surface area (Å²) in [6, 6.07) is 5.80. The van der Waals surface area contributed by atoms with E-state index < -0.39 is 0 Å². The van der Waals surface area contributed by atoms with Gasteiger partial charge in [0.25, 0.3) is 0 Å². The predicted molar refractivity (Wildman–Crippen MR) is 97.0 cm³/mol. The van der Waals surface area contributed by atoms with Crippen molar-refractivity contribution in [1.29, 1.82) is 0 Å². The molecule has 2 fully saturated rings. The molecule has 4 rings (SSSR count). The molecule has 7 nitrogen and oxygen atoms in total. The van der Waals surface area contributed by atoms with Gasteiger partial charge in [-0.2, -0.15) is 0 Å². The van der Waals surface area contributed by atoms with Gasteiger partial charge in [0.05, 0.1) is 36.1 Å². The predicted octanol–water partition coefficient (Wildman–Crippen LogP) is 2.53. The zero-order chi connectivity index (χ0) is 17.1. The van der Waals surface area contributed by atoms with Gasteiger partial charge in [0.15, 0.2) is 0 Å². The quantitative estimate of drug-likeness (QED) is 0.897. The lowest BCUT2D eigenvalue weighted by Crippen LogP contribution is -2.36. The molecule has 0 aromatic carbocycles. The van der Waals surface area contributed by atoms with Gasteiger partial charge in [-0.25, -0.2) is 9.78 Å². The normalized spacial score (nSPS) is 18.5. The molecule has 1 saturated carbocycles. The monoisotopic (exact) mass is 341 g/mol. The minimum atomic E-state index is -0.184. The fraction of sp³-hybridized carbons (Fsp3) is 0.500. The Morgan fingerprint density at radius 1 is 1.16 bits per heavy atom. The Hall–Kier alpha value is -2.41. The average Bonchev–Trinajstić information content (AvgIpc) is 3.14. The van der Waals surface area contributed by atoms with Crippen LogP contribution in [0.3, 0.4) is 0 Å². The molecule has 0 radical (unpaired) electrons. The second-order valence-electron chi connectivity index (χ2n) is 6.61. The van der Waals surface area contributed by atoms with Crippen LogP contribution in [-0.4, -0.2) is 48.3 Å². The van der Waals surface area contributed by atoms with Crippen LogP contribution in [0.25, 0.3) is 11.0 Å². The molecule has 2 amide bonds. The molecular weight excluding hydrogens is 318 g/mol. The van der Waals surface area contributed by atoms with Crippen LogP contribution in [0.15, 0.2) is 24.4 Å². The first-order valence-corrected chi connectivity index (χ1v) is 8.95. The Morgan fingerprint density at radius 3 is 2.76 bits per heavy atom. The van der Waals surface area contributed by atoms with E-state index in [1.165, 1.54) is 12.8 Å². The second-order valence-corrected chi connectivity index (χ2v) is 6.61. The van der Waals surface area contributed by atoms with Crippen molar-refractivity contribution >= 4 is 28.6 Å². The summed E-state index contributed by atoms with van der Waals surface area (Å²) in [5.74, 6) is 0.545. The number of ether oxygens (including phenoxy) is 1. The van der Waals surface area contributed by atoms with Gasteiger partial charge in [0.2, 0.25) is 0 Å². The van der Waals surface area contributed by atoms with Crippen molar-refractivity contribution in [3.8, 4) is 0 Å². The van der Waals surface area contributed by atoms with Gasteiger partial charge in [0, 0.05) is 19.1 Å². The maximum Gasteiger partial charge on any atom is 0.320 e. The molecule has 1 aliphatic carbocycles. The third-order valence-electron chi connectivity index (χ3n) is 4.83. The highest BCUT2D eigenvalue weighted by Crippen LogP contribution is 2.21. The van der Waals surface area contributed by atoms with Crippen molar-refractivity contribution in [2.24, 2.45) is 0 Å². The number of morpholine rings is 1. The van der Waals surface area contributed by atoms with Crippen LogP contribution >= 0.6 is 0 Å². The van der Waals surface area contributed by atoms with Gasteiger partial charge < -0.3 is 15.0 Å². The number of fused-ring (bicyclic) bond motifs is 1. The number of anilines is 2. The summed E-state index contributed by atoms with van der Waals surface area (Å²) in [6.45, 7) is 3.17. The summed E-state index contributed by atoms with van der Waals surface area (Å²) in [7, 11) is 0. The number of carbonyl (C=O) groups excluding carboxylic acids is 1. The van der Waals surface area contributed by atoms with E-state index in [0.29, 0.717) is 5.82 Å². The summed E-state index contributed by atoms with van der Waals surface area (Å²) < 4.78 is 5.39. The van der Waals surface area contributed by atoms with Crippen LogP contribution < -0.4 is 15.5 Å². The molecule has 132 valence electrons. The summed E-state index contributed by atoms with van der Waals surface area (Å²) in [6.07, 6.45) is 6.37. The lowest BCUT2D eigenvalue weighted by molar-refractivity contribution is 0.122. The zero-order valence-electron chi connectivity index (χ0n) is 14.2. The number of rotatable bonds is 3. The van der Waals surface area contributed by atoms with E-state index in [-0.39, 0.29) is 12.1 Å². The topological polar surface area (TPSA) is 79.4 Å². The van der Waals surface area contributed by atoms with Crippen molar-refractivity contribution < 1.29 is 9.53 Å². The van der Waals surface area contributed by atoms with Crippen molar-refractivity contribution in [2.45, 2.75) is 31.7 Å². The van der Waals surface area contributed by atoms with Gasteiger partial charge in [-0.05, 0) is 31.0 Å². The van der Waals surface area contributed by atoms with Crippen LogP contribution in [0.2, 0.25) is 0 Å². The molecule has 7 heteroatoms. The summed E-state index contributed by atoms with van der Waals surface area (Å²) in [5, 5.41) is 5.85. The number of nitrogens with zero attached hydrogens (tertiary/aromatic N) is 3. The first-order chi connectivity index (χ1) is 12.3. The van der Waals surface area contributed by atoms with E-state index in [9.17, 15) is 4.79 Å². The minimum Gasteiger partial charge on any atom is -0.378 e. The third kappa shape index (κ3) is 3.82. The Morgan fingerprint density at radius 2 is 1.96 bits per heavy atom. The van der Waals surface area contributed by atoms with Crippen LogP contribution in [0.1, 0.15) is 25.7 Å². The van der Waals surface area contributed by atoms with Gasteiger partial charge in [0.1, 0.15) is 5.82 Å². The molecule has 1 saturated heterocycles. The Labute approximate surface area is 146 Å². The van der Waals surface area contributed by atoms with E-state index in [1.807, 2.05) is 18.3 Å². The van der Waals surface area contributed by atoms with Gasteiger partial charge in [-0.3, -0.25) is 10.3 Å². The molecule has 25 heavy (non-hydrogen) atoms. The zero-order valence-corrected chi connectivity index (χ0v) is 14.2. The number of amides is 2. The largest absolute Gasteiger partial charge is 0.378 e. The molecule has 0 bridgehead atoms. The first kappa shape index (κ1) is 16.1. The third-order valence-corrected chi connectivity index (χ3v) is 4.83. The molecule has 0 atom stereocenters. The average molecular weight is 341 g/mol. The highest BCUT2D eigenvalue weighted by atomic mass is 16.5. The number of nitrogens with one attached hydrogen (secondary N) is 2. The van der Waals surface area contributed by atoms with Crippen LogP contribution in [0.5, 0.6) is 0 Å². The summed E-state index contributed by atoms with van der Waals surface area (Å²) in [4.78, 5) is 23.4. The number of urea groups is 1. The molecule has 2 aromatic heterocycles. The molecule has 0 spiro atoms. The molecule has 2 aliphatic rings. The number of carbonyl (C=O) groups is 1. The smallest absolute Gasteiger partial charge is 0.320 e. The summed E-state index contributed by atoms with van der Waals surface area (Å²) >= 11 is 0. The summed E-state index contributed by atoms with van der Waals surface area (Å²) in [5.41, 5.74) is 2.64. The van der Waals surface area contributed by atoms with Crippen LogP contribution in [0.4, 0.5) is 16.3 Å². The molecule has 2 N–H and O–H groups in total. The van der Waals surface area contributed by atoms with E-state index in [4.69, 9.17) is 4.74 Å².